The van der Waals surface area contributed by atoms with Crippen LogP contribution in [0.2, 0.25) is 0 Å². The average Bonchev–Trinajstić information content (AvgIpc) is 3.05. The van der Waals surface area contributed by atoms with Crippen LogP contribution in [0.15, 0.2) is 16.7 Å². The first-order valence-corrected chi connectivity index (χ1v) is 7.90. The Labute approximate surface area is 118 Å². The van der Waals surface area contributed by atoms with Crippen molar-refractivity contribution in [3.63, 3.8) is 0 Å². The predicted octanol–water partition coefficient (Wildman–Crippen LogP) is 3.95. The molecule has 1 N–H and O–H groups in total. The van der Waals surface area contributed by atoms with Crippen LogP contribution in [0.5, 0.6) is 0 Å². The number of aromatic nitrogens is 1. The van der Waals surface area contributed by atoms with Crippen molar-refractivity contribution in [3.8, 4) is 10.6 Å². The number of nitrogens with one attached hydrogen (secondary N) is 1. The smallest absolute Gasteiger partial charge is 0.211 e. The quantitative estimate of drug-likeness (QED) is 0.918. The van der Waals surface area contributed by atoms with Gasteiger partial charge in [0.25, 0.3) is 0 Å². The van der Waals surface area contributed by atoms with Gasteiger partial charge in [0.15, 0.2) is 5.76 Å². The molecule has 0 saturated heterocycles. The van der Waals surface area contributed by atoms with Crippen LogP contribution in [-0.2, 0) is 12.8 Å². The van der Waals surface area contributed by atoms with Crippen molar-refractivity contribution in [3.05, 3.63) is 28.6 Å². The summed E-state index contributed by atoms with van der Waals surface area (Å²) in [6.07, 6.45) is 6.96. The van der Waals surface area contributed by atoms with E-state index in [0.717, 1.165) is 18.2 Å². The van der Waals surface area contributed by atoms with Gasteiger partial charge in [-0.1, -0.05) is 6.92 Å². The highest BCUT2D eigenvalue weighted by molar-refractivity contribution is 7.15. The van der Waals surface area contributed by atoms with Gasteiger partial charge in [0.1, 0.15) is 0 Å². The Morgan fingerprint density at radius 1 is 1.42 bits per heavy atom. The normalized spacial score (nSPS) is 16.3. The molecule has 0 bridgehead atoms. The molecule has 2 aromatic heterocycles. The Morgan fingerprint density at radius 2 is 2.26 bits per heavy atom. The number of oxazole rings is 1. The number of fused-ring (bicyclic) bond motifs is 1. The summed E-state index contributed by atoms with van der Waals surface area (Å²) < 4.78 is 5.90. The third kappa shape index (κ3) is 2.60. The third-order valence-corrected chi connectivity index (χ3v) is 4.90. The van der Waals surface area contributed by atoms with Crippen molar-refractivity contribution in [1.82, 2.24) is 10.3 Å². The Balaban J connectivity index is 1.84. The second kappa shape index (κ2) is 5.47. The van der Waals surface area contributed by atoms with E-state index >= 15 is 0 Å². The van der Waals surface area contributed by atoms with Crippen molar-refractivity contribution in [2.45, 2.75) is 45.6 Å². The first kappa shape index (κ1) is 12.9. The zero-order valence-corrected chi connectivity index (χ0v) is 12.3. The van der Waals surface area contributed by atoms with Crippen LogP contribution in [0.1, 0.15) is 49.1 Å². The molecule has 102 valence electrons. The van der Waals surface area contributed by atoms with Gasteiger partial charge < -0.3 is 9.73 Å². The minimum atomic E-state index is 0.174. The zero-order valence-electron chi connectivity index (χ0n) is 11.5. The lowest BCUT2D eigenvalue weighted by Crippen LogP contribution is -2.17. The lowest BCUT2D eigenvalue weighted by molar-refractivity contribution is 0.429. The molecule has 2 heterocycles. The van der Waals surface area contributed by atoms with E-state index in [2.05, 4.69) is 30.2 Å². The molecule has 3 nitrogen and oxygen atoms in total. The molecule has 0 spiro atoms. The van der Waals surface area contributed by atoms with Gasteiger partial charge >= 0.3 is 0 Å². The van der Waals surface area contributed by atoms with E-state index in [0.29, 0.717) is 0 Å². The van der Waals surface area contributed by atoms with Crippen LogP contribution in [0.3, 0.4) is 0 Å². The van der Waals surface area contributed by atoms with Gasteiger partial charge in [0.2, 0.25) is 5.89 Å². The van der Waals surface area contributed by atoms with Gasteiger partial charge in [-0.2, -0.15) is 0 Å². The van der Waals surface area contributed by atoms with E-state index in [1.165, 1.54) is 36.1 Å². The van der Waals surface area contributed by atoms with Crippen LogP contribution in [0, 0.1) is 0 Å². The fourth-order valence-corrected chi connectivity index (χ4v) is 3.81. The van der Waals surface area contributed by atoms with Crippen molar-refractivity contribution in [2.24, 2.45) is 0 Å². The molecule has 0 saturated carbocycles. The third-order valence-electron chi connectivity index (χ3n) is 3.64. The largest absolute Gasteiger partial charge is 0.438 e. The number of rotatable bonds is 4. The minimum Gasteiger partial charge on any atom is -0.438 e. The molecule has 2 aromatic rings. The lowest BCUT2D eigenvalue weighted by atomic mass is 9.99. The molecule has 0 aromatic carbocycles. The van der Waals surface area contributed by atoms with E-state index in [1.807, 2.05) is 17.5 Å². The highest BCUT2D eigenvalue weighted by Crippen LogP contribution is 2.36. The first-order valence-electron chi connectivity index (χ1n) is 7.09. The van der Waals surface area contributed by atoms with Crippen molar-refractivity contribution < 1.29 is 4.42 Å². The first-order chi connectivity index (χ1) is 9.28. The number of nitrogens with zero attached hydrogens (tertiary/aromatic N) is 1. The van der Waals surface area contributed by atoms with Gasteiger partial charge in [0, 0.05) is 4.88 Å². The second-order valence-corrected chi connectivity index (χ2v) is 6.25. The fourth-order valence-electron chi connectivity index (χ4n) is 2.61. The Kier molecular flexibility index (Phi) is 3.71. The Morgan fingerprint density at radius 3 is 3.05 bits per heavy atom. The second-order valence-electron chi connectivity index (χ2n) is 5.11. The maximum absolute atomic E-state index is 5.90. The molecule has 19 heavy (non-hydrogen) atoms. The topological polar surface area (TPSA) is 38.1 Å². The van der Waals surface area contributed by atoms with Crippen molar-refractivity contribution in [1.29, 1.82) is 0 Å². The van der Waals surface area contributed by atoms with Gasteiger partial charge in [-0.25, -0.2) is 4.98 Å². The highest BCUT2D eigenvalue weighted by Gasteiger charge is 2.17. The molecular formula is C15H20N2OS. The van der Waals surface area contributed by atoms with E-state index in [1.54, 1.807) is 4.88 Å². The molecule has 1 atom stereocenters. The van der Waals surface area contributed by atoms with Crippen LogP contribution in [-0.4, -0.2) is 11.5 Å². The summed E-state index contributed by atoms with van der Waals surface area (Å²) in [7, 11) is 0. The maximum Gasteiger partial charge on any atom is 0.211 e. The van der Waals surface area contributed by atoms with Crippen LogP contribution < -0.4 is 5.32 Å². The van der Waals surface area contributed by atoms with E-state index in [4.69, 9.17) is 4.42 Å². The molecule has 0 aliphatic heterocycles. The average molecular weight is 276 g/mol. The highest BCUT2D eigenvalue weighted by atomic mass is 32.1. The molecule has 0 amide bonds. The van der Waals surface area contributed by atoms with Gasteiger partial charge in [-0.15, -0.1) is 11.3 Å². The fraction of sp³-hybridized carbons (Fsp3) is 0.533. The molecule has 1 unspecified atom stereocenters. The summed E-state index contributed by atoms with van der Waals surface area (Å²) in [6, 6.07) is 2.47. The Hall–Kier alpha value is -1.13. The summed E-state index contributed by atoms with van der Waals surface area (Å²) in [6.45, 7) is 5.10. The summed E-state index contributed by atoms with van der Waals surface area (Å²) in [5, 5.41) is 3.32. The number of aryl methyl sites for hydroxylation is 2. The standard InChI is InChI=1S/C15H20N2OS/c1-3-16-10(2)15-17-9-12(18-15)14-8-11-6-4-5-7-13(11)19-14/h8-10,16H,3-7H2,1-2H3. The van der Waals surface area contributed by atoms with E-state index in [9.17, 15) is 0 Å². The maximum atomic E-state index is 5.90. The molecule has 1 aliphatic carbocycles. The van der Waals surface area contributed by atoms with E-state index < -0.39 is 0 Å². The molecule has 3 rings (SSSR count). The van der Waals surface area contributed by atoms with Crippen LogP contribution in [0.4, 0.5) is 0 Å². The van der Waals surface area contributed by atoms with Crippen molar-refractivity contribution in [2.75, 3.05) is 6.54 Å². The number of hydrogen-bond acceptors (Lipinski definition) is 4. The SMILES string of the molecule is CCNC(C)c1ncc(-c2cc3c(s2)CCCC3)o1. The molecular weight excluding hydrogens is 256 g/mol. The van der Waals surface area contributed by atoms with Crippen molar-refractivity contribution >= 4 is 11.3 Å². The molecule has 0 radical (unpaired) electrons. The molecule has 1 aliphatic rings. The zero-order chi connectivity index (χ0) is 13.2. The molecule has 4 heteroatoms. The summed E-state index contributed by atoms with van der Waals surface area (Å²) in [5.41, 5.74) is 1.52. The number of thiophene rings is 1. The predicted molar refractivity (Wildman–Crippen MR) is 78.5 cm³/mol. The minimum absolute atomic E-state index is 0.174. The van der Waals surface area contributed by atoms with Crippen LogP contribution in [0.25, 0.3) is 10.6 Å². The Bertz CT molecular complexity index is 535. The monoisotopic (exact) mass is 276 g/mol. The molecule has 0 fully saturated rings. The lowest BCUT2D eigenvalue weighted by Gasteiger charge is -2.08. The summed E-state index contributed by atoms with van der Waals surface area (Å²) >= 11 is 1.87. The summed E-state index contributed by atoms with van der Waals surface area (Å²) in [5.74, 6) is 1.70. The van der Waals surface area contributed by atoms with E-state index in [-0.39, 0.29) is 6.04 Å². The van der Waals surface area contributed by atoms with Gasteiger partial charge in [-0.3, -0.25) is 0 Å². The van der Waals surface area contributed by atoms with Gasteiger partial charge in [-0.05, 0) is 50.8 Å². The van der Waals surface area contributed by atoms with Crippen LogP contribution >= 0.6 is 11.3 Å². The summed E-state index contributed by atoms with van der Waals surface area (Å²) in [4.78, 5) is 7.17. The van der Waals surface area contributed by atoms with Gasteiger partial charge in [0.05, 0.1) is 17.1 Å². The number of hydrogen-bond donors (Lipinski definition) is 1.